The highest BCUT2D eigenvalue weighted by atomic mass is 15.3. The number of aromatic nitrogens is 3. The Balaban J connectivity index is 2.16. The summed E-state index contributed by atoms with van der Waals surface area (Å²) in [5.74, 6) is 0.847. The first-order valence-electron chi connectivity index (χ1n) is 6.09. The molecule has 18 heavy (non-hydrogen) atoms. The minimum absolute atomic E-state index is 0.660. The summed E-state index contributed by atoms with van der Waals surface area (Å²) in [5, 5.41) is 7.58. The quantitative estimate of drug-likeness (QED) is 0.863. The van der Waals surface area contributed by atoms with Crippen LogP contribution in [0.15, 0.2) is 18.3 Å². The molecule has 5 heteroatoms. The predicted octanol–water partition coefficient (Wildman–Crippen LogP) is 1.88. The van der Waals surface area contributed by atoms with Gasteiger partial charge in [0.05, 0.1) is 23.6 Å². The van der Waals surface area contributed by atoms with Crippen molar-refractivity contribution in [3.05, 3.63) is 35.3 Å². The van der Waals surface area contributed by atoms with Gasteiger partial charge < -0.3 is 11.1 Å². The van der Waals surface area contributed by atoms with E-state index in [1.54, 1.807) is 4.68 Å². The monoisotopic (exact) mass is 245 g/mol. The summed E-state index contributed by atoms with van der Waals surface area (Å²) in [6, 6.07) is 4.06. The molecule has 0 fully saturated rings. The van der Waals surface area contributed by atoms with E-state index < -0.39 is 0 Å². The van der Waals surface area contributed by atoms with Crippen LogP contribution in [-0.2, 0) is 20.0 Å². The third kappa shape index (κ3) is 2.30. The number of hydrogen-bond acceptors (Lipinski definition) is 4. The fourth-order valence-electron chi connectivity index (χ4n) is 2.00. The summed E-state index contributed by atoms with van der Waals surface area (Å²) in [5.41, 5.74) is 9.82. The highest BCUT2D eigenvalue weighted by molar-refractivity contribution is 5.64. The molecular weight excluding hydrogens is 226 g/mol. The van der Waals surface area contributed by atoms with Crippen molar-refractivity contribution in [3.8, 4) is 0 Å². The zero-order chi connectivity index (χ0) is 13.1. The lowest BCUT2D eigenvalue weighted by Crippen LogP contribution is -2.09. The Bertz CT molecular complexity index is 544. The topological polar surface area (TPSA) is 68.8 Å². The second kappa shape index (κ2) is 5.08. The lowest BCUT2D eigenvalue weighted by Gasteiger charge is -2.10. The molecule has 96 valence electrons. The molecule has 0 unspecified atom stereocenters. The SMILES string of the molecule is CCc1cccnc1CNc1c(N)c(C)nn1C. The smallest absolute Gasteiger partial charge is 0.148 e. The van der Waals surface area contributed by atoms with Crippen LogP contribution in [0.1, 0.15) is 23.9 Å². The van der Waals surface area contributed by atoms with Gasteiger partial charge in [0.2, 0.25) is 0 Å². The van der Waals surface area contributed by atoms with E-state index in [1.807, 2.05) is 26.2 Å². The van der Waals surface area contributed by atoms with Crippen LogP contribution in [0.4, 0.5) is 11.5 Å². The predicted molar refractivity (Wildman–Crippen MR) is 73.3 cm³/mol. The minimum atomic E-state index is 0.660. The molecule has 0 aliphatic carbocycles. The molecule has 0 aliphatic heterocycles. The molecule has 2 aromatic heterocycles. The molecule has 0 bridgehead atoms. The molecule has 0 radical (unpaired) electrons. The number of nitrogens with two attached hydrogens (primary N) is 1. The van der Waals surface area contributed by atoms with Crippen LogP contribution in [0, 0.1) is 6.92 Å². The maximum Gasteiger partial charge on any atom is 0.148 e. The average Bonchev–Trinajstić information content (AvgIpc) is 2.62. The lowest BCUT2D eigenvalue weighted by molar-refractivity contribution is 0.756. The second-order valence-electron chi connectivity index (χ2n) is 4.29. The van der Waals surface area contributed by atoms with E-state index in [4.69, 9.17) is 5.73 Å². The highest BCUT2D eigenvalue weighted by Crippen LogP contribution is 2.21. The Labute approximate surface area is 107 Å². The standard InChI is InChI=1S/C13H19N5/c1-4-10-6-5-7-15-11(10)8-16-13-12(14)9(2)17-18(13)3/h5-7,16H,4,8,14H2,1-3H3. The molecule has 2 heterocycles. The van der Waals surface area contributed by atoms with Crippen molar-refractivity contribution < 1.29 is 0 Å². The van der Waals surface area contributed by atoms with Gasteiger partial charge in [-0.15, -0.1) is 0 Å². The molecule has 3 N–H and O–H groups in total. The van der Waals surface area contributed by atoms with E-state index in [2.05, 4.69) is 28.4 Å². The molecule has 0 aliphatic rings. The zero-order valence-corrected chi connectivity index (χ0v) is 11.1. The maximum absolute atomic E-state index is 5.97. The number of rotatable bonds is 4. The van der Waals surface area contributed by atoms with E-state index in [-0.39, 0.29) is 0 Å². The number of nitrogens with zero attached hydrogens (tertiary/aromatic N) is 3. The van der Waals surface area contributed by atoms with Crippen molar-refractivity contribution in [2.24, 2.45) is 7.05 Å². The Hall–Kier alpha value is -2.04. The van der Waals surface area contributed by atoms with E-state index in [0.717, 1.165) is 23.6 Å². The van der Waals surface area contributed by atoms with Gasteiger partial charge in [-0.2, -0.15) is 5.10 Å². The number of anilines is 2. The Morgan fingerprint density at radius 3 is 2.83 bits per heavy atom. The summed E-state index contributed by atoms with van der Waals surface area (Å²) in [7, 11) is 1.88. The lowest BCUT2D eigenvalue weighted by atomic mass is 10.1. The van der Waals surface area contributed by atoms with Crippen molar-refractivity contribution in [3.63, 3.8) is 0 Å². The Morgan fingerprint density at radius 2 is 2.22 bits per heavy atom. The van der Waals surface area contributed by atoms with Crippen LogP contribution in [0.2, 0.25) is 0 Å². The molecule has 0 saturated heterocycles. The molecule has 2 aromatic rings. The fraction of sp³-hybridized carbons (Fsp3) is 0.385. The number of nitrogen functional groups attached to an aromatic ring is 1. The number of hydrogen-bond donors (Lipinski definition) is 2. The van der Waals surface area contributed by atoms with Crippen LogP contribution in [0.25, 0.3) is 0 Å². The maximum atomic E-state index is 5.97. The summed E-state index contributed by atoms with van der Waals surface area (Å²) >= 11 is 0. The van der Waals surface area contributed by atoms with Crippen molar-refractivity contribution in [2.75, 3.05) is 11.1 Å². The normalized spacial score (nSPS) is 10.6. The van der Waals surface area contributed by atoms with E-state index in [0.29, 0.717) is 12.2 Å². The average molecular weight is 245 g/mol. The molecule has 0 atom stereocenters. The molecule has 0 aromatic carbocycles. The van der Waals surface area contributed by atoms with Gasteiger partial charge in [0.15, 0.2) is 0 Å². The van der Waals surface area contributed by atoms with Gasteiger partial charge in [-0.3, -0.25) is 9.67 Å². The molecule has 0 spiro atoms. The van der Waals surface area contributed by atoms with Gasteiger partial charge >= 0.3 is 0 Å². The van der Waals surface area contributed by atoms with E-state index in [9.17, 15) is 0 Å². The van der Waals surface area contributed by atoms with E-state index >= 15 is 0 Å². The van der Waals surface area contributed by atoms with Gasteiger partial charge in [0, 0.05) is 13.2 Å². The third-order valence-corrected chi connectivity index (χ3v) is 3.06. The van der Waals surface area contributed by atoms with Gasteiger partial charge in [0.25, 0.3) is 0 Å². The number of nitrogens with one attached hydrogen (secondary N) is 1. The van der Waals surface area contributed by atoms with Gasteiger partial charge in [-0.1, -0.05) is 13.0 Å². The third-order valence-electron chi connectivity index (χ3n) is 3.06. The first-order valence-corrected chi connectivity index (χ1v) is 6.09. The molecule has 0 amide bonds. The van der Waals surface area contributed by atoms with Gasteiger partial charge in [-0.25, -0.2) is 0 Å². The number of aryl methyl sites for hydroxylation is 3. The summed E-state index contributed by atoms with van der Waals surface area (Å²) in [6.07, 6.45) is 2.79. The van der Waals surface area contributed by atoms with Crippen LogP contribution < -0.4 is 11.1 Å². The summed E-state index contributed by atoms with van der Waals surface area (Å²) in [6.45, 7) is 4.69. The van der Waals surface area contributed by atoms with Gasteiger partial charge in [-0.05, 0) is 25.0 Å². The number of pyridine rings is 1. The van der Waals surface area contributed by atoms with Crippen LogP contribution in [0.5, 0.6) is 0 Å². The summed E-state index contributed by atoms with van der Waals surface area (Å²) < 4.78 is 1.76. The summed E-state index contributed by atoms with van der Waals surface area (Å²) in [4.78, 5) is 4.40. The highest BCUT2D eigenvalue weighted by Gasteiger charge is 2.10. The Morgan fingerprint density at radius 1 is 1.44 bits per heavy atom. The van der Waals surface area contributed by atoms with E-state index in [1.165, 1.54) is 5.56 Å². The fourth-order valence-corrected chi connectivity index (χ4v) is 2.00. The van der Waals surface area contributed by atoms with Crippen molar-refractivity contribution in [2.45, 2.75) is 26.8 Å². The van der Waals surface area contributed by atoms with Crippen LogP contribution in [-0.4, -0.2) is 14.8 Å². The largest absolute Gasteiger partial charge is 0.394 e. The van der Waals surface area contributed by atoms with Crippen LogP contribution in [0.3, 0.4) is 0 Å². The first kappa shape index (κ1) is 12.4. The molecular formula is C13H19N5. The first-order chi connectivity index (χ1) is 8.63. The molecule has 5 nitrogen and oxygen atoms in total. The van der Waals surface area contributed by atoms with Crippen molar-refractivity contribution in [1.29, 1.82) is 0 Å². The van der Waals surface area contributed by atoms with Crippen molar-refractivity contribution in [1.82, 2.24) is 14.8 Å². The zero-order valence-electron chi connectivity index (χ0n) is 11.1. The van der Waals surface area contributed by atoms with Gasteiger partial charge in [0.1, 0.15) is 5.82 Å². The molecule has 2 rings (SSSR count). The minimum Gasteiger partial charge on any atom is -0.394 e. The molecule has 0 saturated carbocycles. The van der Waals surface area contributed by atoms with Crippen molar-refractivity contribution >= 4 is 11.5 Å². The van der Waals surface area contributed by atoms with Crippen LogP contribution >= 0.6 is 0 Å². The Kier molecular flexibility index (Phi) is 3.50. The second-order valence-corrected chi connectivity index (χ2v) is 4.29.